The molecule has 1 rings (SSSR count). The lowest BCUT2D eigenvalue weighted by Gasteiger charge is -2.33. The maximum Gasteiger partial charge on any atom is 0.227 e. The van der Waals surface area contributed by atoms with Crippen molar-refractivity contribution in [3.8, 4) is 0 Å². The molecule has 1 aliphatic rings. The molecule has 0 spiro atoms. The number of aliphatic hydroxyl groups is 1. The lowest BCUT2D eigenvalue weighted by molar-refractivity contribution is -0.137. The zero-order chi connectivity index (χ0) is 12.0. The number of carbonyl (C=O) groups is 1. The van der Waals surface area contributed by atoms with E-state index in [9.17, 15) is 4.79 Å². The maximum absolute atomic E-state index is 12.2. The van der Waals surface area contributed by atoms with Gasteiger partial charge in [-0.15, -0.1) is 0 Å². The predicted molar refractivity (Wildman–Crippen MR) is 64.1 cm³/mol. The Hall–Kier alpha value is -0.610. The summed E-state index contributed by atoms with van der Waals surface area (Å²) in [6, 6.07) is 0.282. The monoisotopic (exact) mass is 228 g/mol. The first-order valence-corrected chi connectivity index (χ1v) is 6.33. The summed E-state index contributed by atoms with van der Waals surface area (Å²) in [6.07, 6.45) is 2.75. The Kier molecular flexibility index (Phi) is 5.77. The summed E-state index contributed by atoms with van der Waals surface area (Å²) < 4.78 is 0. The zero-order valence-corrected chi connectivity index (χ0v) is 10.4. The molecule has 4 heteroatoms. The van der Waals surface area contributed by atoms with Crippen molar-refractivity contribution in [1.82, 2.24) is 10.2 Å². The summed E-state index contributed by atoms with van der Waals surface area (Å²) in [4.78, 5) is 14.1. The van der Waals surface area contributed by atoms with Gasteiger partial charge >= 0.3 is 0 Å². The van der Waals surface area contributed by atoms with Gasteiger partial charge in [-0.25, -0.2) is 0 Å². The van der Waals surface area contributed by atoms with Gasteiger partial charge in [0.2, 0.25) is 5.91 Å². The number of piperidine rings is 1. The van der Waals surface area contributed by atoms with Gasteiger partial charge in [0.25, 0.3) is 0 Å². The number of carbonyl (C=O) groups excluding carboxylic acids is 1. The molecule has 1 aliphatic heterocycles. The molecule has 0 saturated carbocycles. The second kappa shape index (κ2) is 6.86. The first kappa shape index (κ1) is 13.5. The van der Waals surface area contributed by atoms with E-state index in [0.717, 1.165) is 25.9 Å². The molecule has 1 amide bonds. The maximum atomic E-state index is 12.2. The standard InChI is InChI=1S/C12H24N2O2/c1-3-14(8-5-9-15)12(16)11-6-4-7-13-10(11)2/h10-11,13,15H,3-9H2,1-2H3. The Bertz CT molecular complexity index is 221. The summed E-state index contributed by atoms with van der Waals surface area (Å²) in [7, 11) is 0. The van der Waals surface area contributed by atoms with Crippen molar-refractivity contribution in [2.24, 2.45) is 5.92 Å². The van der Waals surface area contributed by atoms with Crippen LogP contribution in [-0.4, -0.2) is 48.2 Å². The Balaban J connectivity index is 2.51. The Morgan fingerprint density at radius 3 is 2.88 bits per heavy atom. The van der Waals surface area contributed by atoms with E-state index in [-0.39, 0.29) is 24.5 Å². The molecule has 94 valence electrons. The van der Waals surface area contributed by atoms with Crippen LogP contribution in [0.25, 0.3) is 0 Å². The van der Waals surface area contributed by atoms with Gasteiger partial charge in [0.05, 0.1) is 5.92 Å². The predicted octanol–water partition coefficient (Wildman–Crippen LogP) is 0.605. The van der Waals surface area contributed by atoms with Gasteiger partial charge in [-0.2, -0.15) is 0 Å². The highest BCUT2D eigenvalue weighted by Crippen LogP contribution is 2.19. The molecule has 0 aromatic rings. The van der Waals surface area contributed by atoms with Crippen LogP contribution in [0.1, 0.15) is 33.1 Å². The third kappa shape index (κ3) is 3.46. The van der Waals surface area contributed by atoms with E-state index in [2.05, 4.69) is 12.2 Å². The van der Waals surface area contributed by atoms with Crippen molar-refractivity contribution >= 4 is 5.91 Å². The summed E-state index contributed by atoms with van der Waals surface area (Å²) in [6.45, 7) is 6.67. The molecule has 1 saturated heterocycles. The number of hydrogen-bond acceptors (Lipinski definition) is 3. The van der Waals surface area contributed by atoms with E-state index >= 15 is 0 Å². The normalized spacial score (nSPS) is 25.4. The Labute approximate surface area is 98.0 Å². The fourth-order valence-electron chi connectivity index (χ4n) is 2.30. The van der Waals surface area contributed by atoms with E-state index in [1.54, 1.807) is 0 Å². The molecular formula is C12H24N2O2. The van der Waals surface area contributed by atoms with Gasteiger partial charge in [-0.05, 0) is 39.7 Å². The van der Waals surface area contributed by atoms with Crippen LogP contribution in [-0.2, 0) is 4.79 Å². The molecule has 0 aliphatic carbocycles. The zero-order valence-electron chi connectivity index (χ0n) is 10.4. The van der Waals surface area contributed by atoms with E-state index < -0.39 is 0 Å². The molecule has 0 bridgehead atoms. The van der Waals surface area contributed by atoms with Crippen LogP contribution in [0.15, 0.2) is 0 Å². The van der Waals surface area contributed by atoms with Gasteiger partial charge in [0.1, 0.15) is 0 Å². The quantitative estimate of drug-likeness (QED) is 0.725. The topological polar surface area (TPSA) is 52.6 Å². The minimum Gasteiger partial charge on any atom is -0.396 e. The van der Waals surface area contributed by atoms with Crippen LogP contribution in [0.2, 0.25) is 0 Å². The van der Waals surface area contributed by atoms with E-state index in [1.807, 2.05) is 11.8 Å². The number of nitrogens with one attached hydrogen (secondary N) is 1. The highest BCUT2D eigenvalue weighted by molar-refractivity contribution is 5.79. The molecule has 4 nitrogen and oxygen atoms in total. The van der Waals surface area contributed by atoms with Crippen molar-refractivity contribution in [3.05, 3.63) is 0 Å². The van der Waals surface area contributed by atoms with Crippen molar-refractivity contribution in [3.63, 3.8) is 0 Å². The Morgan fingerprint density at radius 1 is 1.56 bits per heavy atom. The molecule has 1 fully saturated rings. The fourth-order valence-corrected chi connectivity index (χ4v) is 2.30. The van der Waals surface area contributed by atoms with Gasteiger partial charge < -0.3 is 15.3 Å². The molecule has 0 radical (unpaired) electrons. The first-order valence-electron chi connectivity index (χ1n) is 6.33. The average Bonchev–Trinajstić information content (AvgIpc) is 2.30. The highest BCUT2D eigenvalue weighted by Gasteiger charge is 2.30. The number of rotatable bonds is 5. The van der Waals surface area contributed by atoms with Crippen molar-refractivity contribution < 1.29 is 9.90 Å². The highest BCUT2D eigenvalue weighted by atomic mass is 16.3. The largest absolute Gasteiger partial charge is 0.396 e. The minimum atomic E-state index is 0.118. The molecule has 0 aromatic carbocycles. The molecule has 1 heterocycles. The third-order valence-corrected chi connectivity index (χ3v) is 3.36. The molecule has 2 atom stereocenters. The van der Waals surface area contributed by atoms with Crippen LogP contribution in [0, 0.1) is 5.92 Å². The number of aliphatic hydroxyl groups excluding tert-OH is 1. The van der Waals surface area contributed by atoms with E-state index in [0.29, 0.717) is 13.0 Å². The second-order valence-corrected chi connectivity index (χ2v) is 4.49. The van der Waals surface area contributed by atoms with Gasteiger partial charge in [-0.3, -0.25) is 4.79 Å². The van der Waals surface area contributed by atoms with Gasteiger partial charge in [-0.1, -0.05) is 0 Å². The number of hydrogen-bond donors (Lipinski definition) is 2. The summed E-state index contributed by atoms with van der Waals surface area (Å²) in [5.74, 6) is 0.364. The third-order valence-electron chi connectivity index (χ3n) is 3.36. The summed E-state index contributed by atoms with van der Waals surface area (Å²) >= 11 is 0. The molecule has 16 heavy (non-hydrogen) atoms. The van der Waals surface area contributed by atoms with Gasteiger partial charge in [0, 0.05) is 25.7 Å². The summed E-state index contributed by atoms with van der Waals surface area (Å²) in [5, 5.41) is 12.2. The SMILES string of the molecule is CCN(CCCO)C(=O)C1CCCNC1C. The molecule has 2 unspecified atom stereocenters. The Morgan fingerprint density at radius 2 is 2.31 bits per heavy atom. The van der Waals surface area contributed by atoms with Crippen molar-refractivity contribution in [1.29, 1.82) is 0 Å². The van der Waals surface area contributed by atoms with Gasteiger partial charge in [0.15, 0.2) is 0 Å². The average molecular weight is 228 g/mol. The van der Waals surface area contributed by atoms with Crippen LogP contribution in [0.4, 0.5) is 0 Å². The van der Waals surface area contributed by atoms with Crippen LogP contribution >= 0.6 is 0 Å². The van der Waals surface area contributed by atoms with E-state index in [4.69, 9.17) is 5.11 Å². The van der Waals surface area contributed by atoms with Crippen molar-refractivity contribution in [2.45, 2.75) is 39.2 Å². The first-order chi connectivity index (χ1) is 7.70. The smallest absolute Gasteiger partial charge is 0.227 e. The fraction of sp³-hybridized carbons (Fsp3) is 0.917. The number of nitrogens with zero attached hydrogens (tertiary/aromatic N) is 1. The van der Waals surface area contributed by atoms with Crippen LogP contribution in [0.5, 0.6) is 0 Å². The number of amides is 1. The lowest BCUT2D eigenvalue weighted by Crippen LogP contribution is -2.48. The molecule has 2 N–H and O–H groups in total. The minimum absolute atomic E-state index is 0.118. The van der Waals surface area contributed by atoms with Crippen LogP contribution in [0.3, 0.4) is 0 Å². The van der Waals surface area contributed by atoms with Crippen molar-refractivity contribution in [2.75, 3.05) is 26.2 Å². The second-order valence-electron chi connectivity index (χ2n) is 4.49. The molecular weight excluding hydrogens is 204 g/mol. The van der Waals surface area contributed by atoms with E-state index in [1.165, 1.54) is 0 Å². The lowest BCUT2D eigenvalue weighted by atomic mass is 9.90. The summed E-state index contributed by atoms with van der Waals surface area (Å²) in [5.41, 5.74) is 0. The molecule has 0 aromatic heterocycles. The van der Waals surface area contributed by atoms with Crippen LogP contribution < -0.4 is 5.32 Å².